The molecule has 8 nitrogen and oxygen atoms in total. The van der Waals surface area contributed by atoms with Gasteiger partial charge in [-0.3, -0.25) is 14.5 Å². The second kappa shape index (κ2) is 8.71. The summed E-state index contributed by atoms with van der Waals surface area (Å²) in [5.41, 5.74) is 2.53. The van der Waals surface area contributed by atoms with Gasteiger partial charge in [0.1, 0.15) is 0 Å². The van der Waals surface area contributed by atoms with Crippen molar-refractivity contribution in [1.82, 2.24) is 29.9 Å². The lowest BCUT2D eigenvalue weighted by molar-refractivity contribution is -0.122. The van der Waals surface area contributed by atoms with Crippen LogP contribution in [0.1, 0.15) is 68.0 Å². The van der Waals surface area contributed by atoms with Crippen LogP contribution in [0, 0.1) is 0 Å². The Labute approximate surface area is 177 Å². The molecule has 0 bridgehead atoms. The van der Waals surface area contributed by atoms with Gasteiger partial charge in [-0.05, 0) is 39.2 Å². The largest absolute Gasteiger partial charge is 0.355 e. The molecule has 30 heavy (non-hydrogen) atoms. The average molecular weight is 413 g/mol. The van der Waals surface area contributed by atoms with Gasteiger partial charge in [-0.25, -0.2) is 9.67 Å². The van der Waals surface area contributed by atoms with Gasteiger partial charge in [0.15, 0.2) is 5.65 Å². The molecule has 1 N–H and O–H groups in total. The monoisotopic (exact) mass is 412 g/mol. The number of aromatic nitrogens is 3. The second-order valence-electron chi connectivity index (χ2n) is 8.71. The first kappa shape index (κ1) is 20.8. The van der Waals surface area contributed by atoms with Gasteiger partial charge >= 0.3 is 0 Å². The van der Waals surface area contributed by atoms with Gasteiger partial charge < -0.3 is 10.2 Å². The Bertz CT molecular complexity index is 925. The van der Waals surface area contributed by atoms with Gasteiger partial charge in [-0.2, -0.15) is 5.10 Å². The molecule has 1 saturated carbocycles. The quantitative estimate of drug-likeness (QED) is 0.754. The first-order chi connectivity index (χ1) is 14.5. The molecule has 2 aliphatic rings. The standard InChI is InChI=1S/C22H32N6O2/c1-4-7-23-20(29)14-26-8-10-27(11-9-26)22(30)17-12-19(16-5-6-16)25-21-18(17)13-24-28(21)15(2)3/h12-13,15-16H,4-11,14H2,1-3H3,(H,23,29). The maximum atomic E-state index is 13.4. The summed E-state index contributed by atoms with van der Waals surface area (Å²) in [4.78, 5) is 34.3. The molecule has 0 radical (unpaired) electrons. The summed E-state index contributed by atoms with van der Waals surface area (Å²) < 4.78 is 1.91. The number of hydrogen-bond acceptors (Lipinski definition) is 5. The lowest BCUT2D eigenvalue weighted by Gasteiger charge is -2.34. The molecule has 2 aromatic rings. The molecular weight excluding hydrogens is 380 g/mol. The van der Waals surface area contributed by atoms with Crippen molar-refractivity contribution in [3.63, 3.8) is 0 Å². The van der Waals surface area contributed by atoms with Crippen molar-refractivity contribution in [3.05, 3.63) is 23.5 Å². The smallest absolute Gasteiger partial charge is 0.254 e. The highest BCUT2D eigenvalue weighted by atomic mass is 16.2. The summed E-state index contributed by atoms with van der Waals surface area (Å²) in [5.74, 6) is 0.570. The van der Waals surface area contributed by atoms with Gasteiger partial charge in [-0.15, -0.1) is 0 Å². The van der Waals surface area contributed by atoms with Crippen LogP contribution in [0.4, 0.5) is 0 Å². The molecule has 0 aromatic carbocycles. The van der Waals surface area contributed by atoms with Crippen LogP contribution in [0.15, 0.2) is 12.3 Å². The number of hydrogen-bond donors (Lipinski definition) is 1. The highest BCUT2D eigenvalue weighted by Crippen LogP contribution is 2.40. The number of carbonyl (C=O) groups is 2. The highest BCUT2D eigenvalue weighted by Gasteiger charge is 2.30. The van der Waals surface area contributed by atoms with Crippen LogP contribution in [0.3, 0.4) is 0 Å². The zero-order valence-electron chi connectivity index (χ0n) is 18.2. The van der Waals surface area contributed by atoms with Crippen LogP contribution in [0.25, 0.3) is 11.0 Å². The zero-order chi connectivity index (χ0) is 21.3. The van der Waals surface area contributed by atoms with E-state index in [1.54, 1.807) is 6.20 Å². The molecule has 0 unspecified atom stereocenters. The fraction of sp³-hybridized carbons (Fsp3) is 0.636. The number of rotatable bonds is 7. The molecule has 8 heteroatoms. The van der Waals surface area contributed by atoms with E-state index in [1.807, 2.05) is 22.6 Å². The summed E-state index contributed by atoms with van der Waals surface area (Å²) in [6, 6.07) is 2.17. The molecule has 1 saturated heterocycles. The Morgan fingerprint density at radius 2 is 1.93 bits per heavy atom. The molecular formula is C22H32N6O2. The molecule has 2 amide bonds. The Kier molecular flexibility index (Phi) is 6.04. The summed E-state index contributed by atoms with van der Waals surface area (Å²) >= 11 is 0. The number of piperazine rings is 1. The average Bonchev–Trinajstić information content (AvgIpc) is 3.50. The Balaban J connectivity index is 1.49. The minimum atomic E-state index is 0.0442. The predicted molar refractivity (Wildman–Crippen MR) is 116 cm³/mol. The lowest BCUT2D eigenvalue weighted by Crippen LogP contribution is -2.51. The van der Waals surface area contributed by atoms with E-state index in [4.69, 9.17) is 4.98 Å². The van der Waals surface area contributed by atoms with Crippen molar-refractivity contribution in [2.75, 3.05) is 39.3 Å². The topological polar surface area (TPSA) is 83.4 Å². The number of amides is 2. The van der Waals surface area contributed by atoms with Gasteiger partial charge in [0.25, 0.3) is 5.91 Å². The third kappa shape index (κ3) is 4.33. The minimum absolute atomic E-state index is 0.0442. The Hall–Kier alpha value is -2.48. The van der Waals surface area contributed by atoms with Crippen molar-refractivity contribution in [3.8, 4) is 0 Å². The molecule has 0 atom stereocenters. The van der Waals surface area contributed by atoms with E-state index < -0.39 is 0 Å². The summed E-state index contributed by atoms with van der Waals surface area (Å²) in [7, 11) is 0. The Morgan fingerprint density at radius 3 is 2.57 bits per heavy atom. The number of fused-ring (bicyclic) bond motifs is 1. The van der Waals surface area contributed by atoms with Gasteiger partial charge in [0.05, 0.1) is 23.7 Å². The van der Waals surface area contributed by atoms with Crippen molar-refractivity contribution in [2.24, 2.45) is 0 Å². The number of pyridine rings is 1. The first-order valence-electron chi connectivity index (χ1n) is 11.1. The fourth-order valence-electron chi connectivity index (χ4n) is 3.98. The number of nitrogens with one attached hydrogen (secondary N) is 1. The van der Waals surface area contributed by atoms with Crippen LogP contribution in [0.5, 0.6) is 0 Å². The van der Waals surface area contributed by atoms with Gasteiger partial charge in [0.2, 0.25) is 5.91 Å². The molecule has 1 aliphatic carbocycles. The van der Waals surface area contributed by atoms with E-state index in [0.29, 0.717) is 50.7 Å². The van der Waals surface area contributed by atoms with E-state index in [9.17, 15) is 9.59 Å². The van der Waals surface area contributed by atoms with Crippen LogP contribution in [0.2, 0.25) is 0 Å². The molecule has 3 heterocycles. The number of carbonyl (C=O) groups excluding carboxylic acids is 2. The minimum Gasteiger partial charge on any atom is -0.355 e. The van der Waals surface area contributed by atoms with Crippen molar-refractivity contribution in [2.45, 2.75) is 52.0 Å². The molecule has 0 spiro atoms. The third-order valence-corrected chi connectivity index (χ3v) is 5.90. The van der Waals surface area contributed by atoms with E-state index >= 15 is 0 Å². The maximum Gasteiger partial charge on any atom is 0.254 e. The Morgan fingerprint density at radius 1 is 1.20 bits per heavy atom. The van der Waals surface area contributed by atoms with Crippen molar-refractivity contribution in [1.29, 1.82) is 0 Å². The van der Waals surface area contributed by atoms with E-state index in [-0.39, 0.29) is 17.9 Å². The van der Waals surface area contributed by atoms with Crippen LogP contribution < -0.4 is 5.32 Å². The van der Waals surface area contributed by atoms with E-state index in [1.165, 1.54) is 0 Å². The molecule has 2 aromatic heterocycles. The fourth-order valence-corrected chi connectivity index (χ4v) is 3.98. The third-order valence-electron chi connectivity index (χ3n) is 5.90. The zero-order valence-corrected chi connectivity index (χ0v) is 18.2. The summed E-state index contributed by atoms with van der Waals surface area (Å²) in [6.07, 6.45) is 4.99. The van der Waals surface area contributed by atoms with Crippen LogP contribution in [-0.4, -0.2) is 75.6 Å². The predicted octanol–water partition coefficient (Wildman–Crippen LogP) is 2.17. The van der Waals surface area contributed by atoms with Gasteiger partial charge in [0, 0.05) is 50.4 Å². The molecule has 162 valence electrons. The highest BCUT2D eigenvalue weighted by molar-refractivity contribution is 6.05. The van der Waals surface area contributed by atoms with Gasteiger partial charge in [-0.1, -0.05) is 6.92 Å². The van der Waals surface area contributed by atoms with Crippen molar-refractivity contribution < 1.29 is 9.59 Å². The summed E-state index contributed by atoms with van der Waals surface area (Å²) in [5, 5.41) is 8.25. The molecule has 1 aliphatic heterocycles. The summed E-state index contributed by atoms with van der Waals surface area (Å²) in [6.45, 7) is 9.98. The van der Waals surface area contributed by atoms with Crippen LogP contribution >= 0.6 is 0 Å². The molecule has 4 rings (SSSR count). The molecule has 2 fully saturated rings. The second-order valence-corrected chi connectivity index (χ2v) is 8.71. The van der Waals surface area contributed by atoms with E-state index in [0.717, 1.165) is 36.0 Å². The maximum absolute atomic E-state index is 13.4. The normalized spacial score (nSPS) is 17.7. The SMILES string of the molecule is CCCNC(=O)CN1CCN(C(=O)c2cc(C3CC3)nc3c2cnn3C(C)C)CC1. The van der Waals surface area contributed by atoms with Crippen LogP contribution in [-0.2, 0) is 4.79 Å². The number of nitrogens with zero attached hydrogens (tertiary/aromatic N) is 5. The van der Waals surface area contributed by atoms with Crippen molar-refractivity contribution >= 4 is 22.8 Å². The lowest BCUT2D eigenvalue weighted by atomic mass is 10.1. The first-order valence-corrected chi connectivity index (χ1v) is 11.1. The van der Waals surface area contributed by atoms with E-state index in [2.05, 4.69) is 29.2 Å².